The number of hydrogen-bond acceptors (Lipinski definition) is 0. The van der Waals surface area contributed by atoms with Crippen LogP contribution in [0.1, 0.15) is 19.5 Å². The Bertz CT molecular complexity index is 468. The molecule has 0 atom stereocenters. The van der Waals surface area contributed by atoms with Gasteiger partial charge in [-0.25, -0.2) is 4.39 Å². The first kappa shape index (κ1) is 9.71. The Hall–Kier alpha value is -0.830. The lowest BCUT2D eigenvalue weighted by atomic mass is 10.1. The van der Waals surface area contributed by atoms with E-state index in [1.165, 1.54) is 0 Å². The molecule has 0 saturated heterocycles. The van der Waals surface area contributed by atoms with Gasteiger partial charge < -0.3 is 4.98 Å². The number of H-pyrrole nitrogens is 1. The van der Waals surface area contributed by atoms with Crippen molar-refractivity contribution in [1.29, 1.82) is 0 Å². The standard InChI is InChI=1S/C11H11BrFN/c1-11(2,13)10-6-7-8(12)4-3-5-9(7)14-10/h3-6,14H,1-2H3. The average molecular weight is 256 g/mol. The Balaban J connectivity index is 2.69. The van der Waals surface area contributed by atoms with E-state index in [1.54, 1.807) is 13.8 Å². The molecule has 1 aromatic heterocycles. The Morgan fingerprint density at radius 1 is 1.36 bits per heavy atom. The summed E-state index contributed by atoms with van der Waals surface area (Å²) < 4.78 is 14.6. The van der Waals surface area contributed by atoms with Gasteiger partial charge in [0.05, 0.1) is 5.69 Å². The second-order valence-electron chi connectivity index (χ2n) is 3.86. The molecule has 0 bridgehead atoms. The molecule has 0 spiro atoms. The van der Waals surface area contributed by atoms with Gasteiger partial charge in [-0.1, -0.05) is 22.0 Å². The number of aromatic nitrogens is 1. The van der Waals surface area contributed by atoms with Crippen LogP contribution in [0.5, 0.6) is 0 Å². The summed E-state index contributed by atoms with van der Waals surface area (Å²) in [6.45, 7) is 3.09. The molecule has 0 aliphatic rings. The Labute approximate surface area is 90.5 Å². The minimum Gasteiger partial charge on any atom is -0.356 e. The lowest BCUT2D eigenvalue weighted by Gasteiger charge is -2.10. The van der Waals surface area contributed by atoms with E-state index in [2.05, 4.69) is 20.9 Å². The molecule has 1 heterocycles. The fourth-order valence-corrected chi connectivity index (χ4v) is 1.92. The van der Waals surface area contributed by atoms with Crippen LogP contribution >= 0.6 is 15.9 Å². The smallest absolute Gasteiger partial charge is 0.145 e. The fourth-order valence-electron chi connectivity index (χ4n) is 1.44. The lowest BCUT2D eigenvalue weighted by Crippen LogP contribution is -2.08. The van der Waals surface area contributed by atoms with Gasteiger partial charge in [-0.15, -0.1) is 0 Å². The van der Waals surface area contributed by atoms with Gasteiger partial charge in [0.2, 0.25) is 0 Å². The molecule has 2 aromatic rings. The summed E-state index contributed by atoms with van der Waals surface area (Å²) in [5.41, 5.74) is 0.248. The number of nitrogens with one attached hydrogen (secondary N) is 1. The Kier molecular flexibility index (Phi) is 2.14. The largest absolute Gasteiger partial charge is 0.356 e. The van der Waals surface area contributed by atoms with Gasteiger partial charge in [0.25, 0.3) is 0 Å². The first-order valence-electron chi connectivity index (χ1n) is 4.45. The zero-order chi connectivity index (χ0) is 10.3. The molecule has 1 aromatic carbocycles. The molecule has 0 unspecified atom stereocenters. The molecule has 0 aliphatic carbocycles. The minimum absolute atomic E-state index is 0.611. The van der Waals surface area contributed by atoms with Crippen molar-refractivity contribution in [2.45, 2.75) is 19.5 Å². The monoisotopic (exact) mass is 255 g/mol. The van der Waals surface area contributed by atoms with Crippen molar-refractivity contribution >= 4 is 26.8 Å². The van der Waals surface area contributed by atoms with Gasteiger partial charge in [-0.2, -0.15) is 0 Å². The number of alkyl halides is 1. The molecule has 0 amide bonds. The van der Waals surface area contributed by atoms with Crippen molar-refractivity contribution in [2.75, 3.05) is 0 Å². The molecule has 0 aliphatic heterocycles. The molecule has 1 nitrogen and oxygen atoms in total. The van der Waals surface area contributed by atoms with E-state index in [0.717, 1.165) is 15.4 Å². The van der Waals surface area contributed by atoms with Crippen LogP contribution in [-0.2, 0) is 5.67 Å². The summed E-state index contributed by atoms with van der Waals surface area (Å²) in [5, 5.41) is 1.02. The number of hydrogen-bond donors (Lipinski definition) is 1. The molecule has 0 fully saturated rings. The van der Waals surface area contributed by atoms with Crippen molar-refractivity contribution in [3.05, 3.63) is 34.4 Å². The number of benzene rings is 1. The molecule has 14 heavy (non-hydrogen) atoms. The summed E-state index contributed by atoms with van der Waals surface area (Å²) in [6.07, 6.45) is 0. The average Bonchev–Trinajstić information content (AvgIpc) is 2.48. The predicted octanol–water partition coefficient (Wildman–Crippen LogP) is 4.14. The van der Waals surface area contributed by atoms with Crippen molar-refractivity contribution in [3.63, 3.8) is 0 Å². The molecular formula is C11H11BrFN. The zero-order valence-corrected chi connectivity index (χ0v) is 9.65. The van der Waals surface area contributed by atoms with Gasteiger partial charge in [0.15, 0.2) is 0 Å². The third-order valence-corrected chi connectivity index (χ3v) is 2.94. The number of rotatable bonds is 1. The van der Waals surface area contributed by atoms with Gasteiger partial charge in [-0.05, 0) is 32.0 Å². The predicted molar refractivity (Wildman–Crippen MR) is 60.1 cm³/mol. The highest BCUT2D eigenvalue weighted by molar-refractivity contribution is 9.10. The molecule has 0 radical (unpaired) electrons. The van der Waals surface area contributed by atoms with Crippen molar-refractivity contribution in [2.24, 2.45) is 0 Å². The highest BCUT2D eigenvalue weighted by Crippen LogP contribution is 2.30. The SMILES string of the molecule is CC(C)(F)c1cc2c(Br)cccc2[nH]1. The number of halogens is 2. The van der Waals surface area contributed by atoms with Gasteiger partial charge in [0, 0.05) is 15.4 Å². The van der Waals surface area contributed by atoms with Crippen molar-refractivity contribution < 1.29 is 4.39 Å². The van der Waals surface area contributed by atoms with Crippen LogP contribution in [0.4, 0.5) is 4.39 Å². The molecule has 1 N–H and O–H groups in total. The summed E-state index contributed by atoms with van der Waals surface area (Å²) in [4.78, 5) is 3.07. The Morgan fingerprint density at radius 3 is 2.64 bits per heavy atom. The summed E-state index contributed by atoms with van der Waals surface area (Å²) >= 11 is 3.43. The van der Waals surface area contributed by atoms with E-state index >= 15 is 0 Å². The Morgan fingerprint density at radius 2 is 2.07 bits per heavy atom. The summed E-state index contributed by atoms with van der Waals surface area (Å²) in [5.74, 6) is 0. The second-order valence-corrected chi connectivity index (χ2v) is 4.71. The number of fused-ring (bicyclic) bond motifs is 1. The molecule has 3 heteroatoms. The van der Waals surface area contributed by atoms with E-state index < -0.39 is 5.67 Å². The van der Waals surface area contributed by atoms with Crippen LogP contribution in [0.25, 0.3) is 10.9 Å². The van der Waals surface area contributed by atoms with Gasteiger partial charge in [-0.3, -0.25) is 0 Å². The quantitative estimate of drug-likeness (QED) is 0.789. The van der Waals surface area contributed by atoms with Gasteiger partial charge >= 0.3 is 0 Å². The normalized spacial score (nSPS) is 12.3. The fraction of sp³-hybridized carbons (Fsp3) is 0.273. The lowest BCUT2D eigenvalue weighted by molar-refractivity contribution is 0.215. The first-order valence-corrected chi connectivity index (χ1v) is 5.24. The van der Waals surface area contributed by atoms with E-state index in [4.69, 9.17) is 0 Å². The van der Waals surface area contributed by atoms with Crippen LogP contribution in [0.15, 0.2) is 28.7 Å². The molecule has 74 valence electrons. The maximum atomic E-state index is 13.6. The first-order chi connectivity index (χ1) is 6.48. The van der Waals surface area contributed by atoms with E-state index in [0.29, 0.717) is 5.69 Å². The second kappa shape index (κ2) is 3.09. The maximum Gasteiger partial charge on any atom is 0.145 e. The van der Waals surface area contributed by atoms with Crippen LogP contribution in [0.3, 0.4) is 0 Å². The van der Waals surface area contributed by atoms with E-state index in [-0.39, 0.29) is 0 Å². The van der Waals surface area contributed by atoms with E-state index in [9.17, 15) is 4.39 Å². The summed E-state index contributed by atoms with van der Waals surface area (Å²) in [7, 11) is 0. The maximum absolute atomic E-state index is 13.6. The molecule has 2 rings (SSSR count). The van der Waals surface area contributed by atoms with Crippen molar-refractivity contribution in [1.82, 2.24) is 4.98 Å². The van der Waals surface area contributed by atoms with Crippen LogP contribution < -0.4 is 0 Å². The number of aromatic amines is 1. The molecular weight excluding hydrogens is 245 g/mol. The highest BCUT2D eigenvalue weighted by atomic mass is 79.9. The summed E-state index contributed by atoms with van der Waals surface area (Å²) in [6, 6.07) is 7.66. The van der Waals surface area contributed by atoms with Crippen LogP contribution in [0, 0.1) is 0 Å². The van der Waals surface area contributed by atoms with Crippen molar-refractivity contribution in [3.8, 4) is 0 Å². The third-order valence-electron chi connectivity index (χ3n) is 2.25. The van der Waals surface area contributed by atoms with Crippen LogP contribution in [-0.4, -0.2) is 4.98 Å². The van der Waals surface area contributed by atoms with Gasteiger partial charge in [0.1, 0.15) is 5.67 Å². The zero-order valence-electron chi connectivity index (χ0n) is 8.07. The van der Waals surface area contributed by atoms with E-state index in [1.807, 2.05) is 24.3 Å². The highest BCUT2D eigenvalue weighted by Gasteiger charge is 2.21. The topological polar surface area (TPSA) is 15.8 Å². The molecule has 0 saturated carbocycles. The third kappa shape index (κ3) is 1.57. The van der Waals surface area contributed by atoms with Crippen LogP contribution in [0.2, 0.25) is 0 Å². The minimum atomic E-state index is -1.32.